The van der Waals surface area contributed by atoms with E-state index in [2.05, 4.69) is 0 Å². The maximum Gasteiger partial charge on any atom is 0.217 e. The van der Waals surface area contributed by atoms with Crippen molar-refractivity contribution in [3.05, 3.63) is 0 Å². The van der Waals surface area contributed by atoms with Crippen molar-refractivity contribution in [1.29, 1.82) is 0 Å². The zero-order valence-corrected chi connectivity index (χ0v) is 14.0. The van der Waals surface area contributed by atoms with Crippen LogP contribution in [0, 0.1) is 0 Å². The summed E-state index contributed by atoms with van der Waals surface area (Å²) >= 11 is 0. The van der Waals surface area contributed by atoms with Crippen molar-refractivity contribution < 1.29 is 21.6 Å². The minimum atomic E-state index is -3.51. The normalized spacial score (nSPS) is 28.3. The minimum absolute atomic E-state index is 0.00618. The highest BCUT2D eigenvalue weighted by atomic mass is 32.2. The number of hydrogen-bond acceptors (Lipinski definition) is 5. The molecule has 0 aromatic carbocycles. The summed E-state index contributed by atoms with van der Waals surface area (Å²) in [6.45, 7) is 1.93. The van der Waals surface area contributed by atoms with E-state index in [1.807, 2.05) is 0 Å². The molecule has 2 aliphatic heterocycles. The summed E-state index contributed by atoms with van der Waals surface area (Å²) in [5, 5.41) is -0.617. The van der Waals surface area contributed by atoms with Crippen LogP contribution in [0.1, 0.15) is 45.4 Å². The first kappa shape index (κ1) is 16.9. The molecular formula is C13H23NO5S2. The Morgan fingerprint density at radius 1 is 1.14 bits per heavy atom. The molecule has 8 heteroatoms. The molecule has 21 heavy (non-hydrogen) atoms. The molecule has 2 saturated heterocycles. The molecule has 0 N–H and O–H groups in total. The Morgan fingerprint density at radius 3 is 2.33 bits per heavy atom. The fourth-order valence-electron chi connectivity index (χ4n) is 3.20. The van der Waals surface area contributed by atoms with Gasteiger partial charge in [-0.3, -0.25) is 4.79 Å². The van der Waals surface area contributed by atoms with Crippen LogP contribution < -0.4 is 0 Å². The Kier molecular flexibility index (Phi) is 5.10. The molecule has 0 amide bonds. The van der Waals surface area contributed by atoms with E-state index < -0.39 is 25.1 Å². The third-order valence-corrected chi connectivity index (χ3v) is 8.51. The predicted octanol–water partition coefficient (Wildman–Crippen LogP) is 0.727. The first-order chi connectivity index (χ1) is 9.72. The Morgan fingerprint density at radius 2 is 1.76 bits per heavy atom. The second-order valence-corrected chi connectivity index (χ2v) is 10.5. The highest BCUT2D eigenvalue weighted by Crippen LogP contribution is 2.29. The summed E-state index contributed by atoms with van der Waals surface area (Å²) in [7, 11) is -6.59. The summed E-state index contributed by atoms with van der Waals surface area (Å²) in [5.41, 5.74) is 0. The molecule has 0 aliphatic carbocycles. The molecule has 0 aromatic heterocycles. The van der Waals surface area contributed by atoms with Crippen LogP contribution in [0.4, 0.5) is 0 Å². The lowest BCUT2D eigenvalue weighted by molar-refractivity contribution is -0.118. The maximum atomic E-state index is 12.8. The van der Waals surface area contributed by atoms with Crippen LogP contribution in [0.15, 0.2) is 0 Å². The molecule has 1 unspecified atom stereocenters. The van der Waals surface area contributed by atoms with Crippen LogP contribution in [0.2, 0.25) is 0 Å². The lowest BCUT2D eigenvalue weighted by Crippen LogP contribution is -2.49. The second kappa shape index (κ2) is 6.34. The number of sulfone groups is 1. The third kappa shape index (κ3) is 4.04. The van der Waals surface area contributed by atoms with Crippen molar-refractivity contribution >= 4 is 25.6 Å². The standard InChI is InChI=1S/C13H23NO5S2/c1-11(15)10-12-4-2-3-7-14(12)21(18,19)13-5-8-20(16,17)9-6-13/h12-13H,2-10H2,1H3. The van der Waals surface area contributed by atoms with Crippen LogP contribution in [0.25, 0.3) is 0 Å². The molecule has 0 saturated carbocycles. The molecule has 0 spiro atoms. The van der Waals surface area contributed by atoms with E-state index >= 15 is 0 Å². The Balaban J connectivity index is 2.15. The number of rotatable bonds is 4. The van der Waals surface area contributed by atoms with Crippen LogP contribution in [-0.4, -0.2) is 56.3 Å². The molecule has 6 nitrogen and oxygen atoms in total. The fourth-order valence-corrected chi connectivity index (χ4v) is 7.19. The molecule has 1 atom stereocenters. The molecule has 2 heterocycles. The predicted molar refractivity (Wildman–Crippen MR) is 80.2 cm³/mol. The third-order valence-electron chi connectivity index (χ3n) is 4.35. The SMILES string of the molecule is CC(=O)CC1CCCCN1S(=O)(=O)C1CCS(=O)(=O)CC1. The topological polar surface area (TPSA) is 88.6 Å². The zero-order valence-electron chi connectivity index (χ0n) is 12.3. The van der Waals surface area contributed by atoms with Gasteiger partial charge in [-0.1, -0.05) is 6.42 Å². The highest BCUT2D eigenvalue weighted by Gasteiger charge is 2.40. The quantitative estimate of drug-likeness (QED) is 0.754. The van der Waals surface area contributed by atoms with Crippen molar-refractivity contribution in [2.75, 3.05) is 18.1 Å². The smallest absolute Gasteiger partial charge is 0.217 e. The van der Waals surface area contributed by atoms with Gasteiger partial charge >= 0.3 is 0 Å². The molecule has 0 aromatic rings. The molecule has 122 valence electrons. The maximum absolute atomic E-state index is 12.8. The van der Waals surface area contributed by atoms with Gasteiger partial charge in [-0.2, -0.15) is 4.31 Å². The summed E-state index contributed by atoms with van der Waals surface area (Å²) in [6.07, 6.45) is 3.05. The lowest BCUT2D eigenvalue weighted by atomic mass is 10.0. The van der Waals surface area contributed by atoms with E-state index in [0.717, 1.165) is 12.8 Å². The number of nitrogens with zero attached hydrogens (tertiary/aromatic N) is 1. The number of ketones is 1. The summed E-state index contributed by atoms with van der Waals surface area (Å²) in [5.74, 6) is -0.113. The van der Waals surface area contributed by atoms with Gasteiger partial charge in [0.2, 0.25) is 10.0 Å². The number of Topliss-reactive ketones (excluding diaryl/α,β-unsaturated/α-hetero) is 1. The summed E-state index contributed by atoms with van der Waals surface area (Å²) in [6, 6.07) is -0.250. The van der Waals surface area contributed by atoms with Gasteiger partial charge in [0.15, 0.2) is 0 Å². The fraction of sp³-hybridized carbons (Fsp3) is 0.923. The molecular weight excluding hydrogens is 314 g/mol. The lowest BCUT2D eigenvalue weighted by Gasteiger charge is -2.37. The van der Waals surface area contributed by atoms with Crippen molar-refractivity contribution in [3.63, 3.8) is 0 Å². The average Bonchev–Trinajstić information content (AvgIpc) is 2.38. The highest BCUT2D eigenvalue weighted by molar-refractivity contribution is 7.92. The largest absolute Gasteiger partial charge is 0.300 e. The number of carbonyl (C=O) groups excluding carboxylic acids is 1. The van der Waals surface area contributed by atoms with E-state index in [0.29, 0.717) is 13.0 Å². The van der Waals surface area contributed by atoms with Crippen molar-refractivity contribution in [3.8, 4) is 0 Å². The van der Waals surface area contributed by atoms with E-state index in [1.54, 1.807) is 0 Å². The van der Waals surface area contributed by atoms with Gasteiger partial charge in [-0.15, -0.1) is 0 Å². The zero-order chi connectivity index (χ0) is 15.7. The molecule has 2 rings (SSSR count). The number of piperidine rings is 1. The van der Waals surface area contributed by atoms with Crippen LogP contribution in [0.5, 0.6) is 0 Å². The Bertz CT molecular complexity index is 582. The van der Waals surface area contributed by atoms with E-state index in [-0.39, 0.29) is 42.6 Å². The molecule has 2 aliphatic rings. The van der Waals surface area contributed by atoms with Crippen LogP contribution >= 0.6 is 0 Å². The van der Waals surface area contributed by atoms with Crippen molar-refractivity contribution in [1.82, 2.24) is 4.31 Å². The number of sulfonamides is 1. The number of hydrogen-bond donors (Lipinski definition) is 0. The van der Waals surface area contributed by atoms with Crippen molar-refractivity contribution in [2.24, 2.45) is 0 Å². The van der Waals surface area contributed by atoms with E-state index in [9.17, 15) is 21.6 Å². The Hall–Kier alpha value is -0.470. The Labute approximate surface area is 126 Å². The molecule has 0 radical (unpaired) electrons. The van der Waals surface area contributed by atoms with Crippen LogP contribution in [-0.2, 0) is 24.7 Å². The minimum Gasteiger partial charge on any atom is -0.300 e. The molecule has 2 fully saturated rings. The van der Waals surface area contributed by atoms with E-state index in [4.69, 9.17) is 0 Å². The van der Waals surface area contributed by atoms with Crippen molar-refractivity contribution in [2.45, 2.75) is 56.7 Å². The van der Waals surface area contributed by atoms with E-state index in [1.165, 1.54) is 11.2 Å². The van der Waals surface area contributed by atoms with Gasteiger partial charge < -0.3 is 0 Å². The summed E-state index contributed by atoms with van der Waals surface area (Å²) < 4.78 is 49.9. The molecule has 0 bridgehead atoms. The second-order valence-electron chi connectivity index (χ2n) is 6.06. The van der Waals surface area contributed by atoms with Gasteiger partial charge in [-0.05, 0) is 32.6 Å². The van der Waals surface area contributed by atoms with Gasteiger partial charge in [0.05, 0.1) is 16.8 Å². The average molecular weight is 337 g/mol. The van der Waals surface area contributed by atoms with Crippen LogP contribution in [0.3, 0.4) is 0 Å². The first-order valence-electron chi connectivity index (χ1n) is 7.43. The van der Waals surface area contributed by atoms with Gasteiger partial charge in [-0.25, -0.2) is 16.8 Å². The first-order valence-corrected chi connectivity index (χ1v) is 10.8. The monoisotopic (exact) mass is 337 g/mol. The number of carbonyl (C=O) groups is 1. The van der Waals surface area contributed by atoms with Gasteiger partial charge in [0.1, 0.15) is 15.6 Å². The summed E-state index contributed by atoms with van der Waals surface area (Å²) in [4.78, 5) is 11.3. The van der Waals surface area contributed by atoms with Gasteiger partial charge in [0.25, 0.3) is 0 Å². The van der Waals surface area contributed by atoms with Gasteiger partial charge in [0, 0.05) is 19.0 Å².